The summed E-state index contributed by atoms with van der Waals surface area (Å²) >= 11 is 0. The maximum absolute atomic E-state index is 12.3. The number of aromatic nitrogens is 1. The van der Waals surface area contributed by atoms with Crippen LogP contribution in [-0.2, 0) is 12.0 Å². The van der Waals surface area contributed by atoms with Gasteiger partial charge in [0.15, 0.2) is 0 Å². The summed E-state index contributed by atoms with van der Waals surface area (Å²) in [5.41, 5.74) is 15.4. The van der Waals surface area contributed by atoms with Crippen molar-refractivity contribution in [3.8, 4) is 0 Å². The quantitative estimate of drug-likeness (QED) is 0.539. The summed E-state index contributed by atoms with van der Waals surface area (Å²) in [7, 11) is 0. The van der Waals surface area contributed by atoms with Gasteiger partial charge in [0, 0.05) is 11.8 Å². The molecular weight excluding hydrogens is 237 g/mol. The number of nitrogens with one attached hydrogen (secondary N) is 2. The smallest absolute Gasteiger partial charge is 0.369 e. The highest BCUT2D eigenvalue weighted by atomic mass is 19.4. The van der Waals surface area contributed by atoms with E-state index in [1.807, 2.05) is 0 Å². The van der Waals surface area contributed by atoms with Crippen molar-refractivity contribution in [2.45, 2.75) is 12.0 Å². The normalized spacial score (nSPS) is 24.4. The van der Waals surface area contributed by atoms with Gasteiger partial charge < -0.3 is 5.73 Å². The van der Waals surface area contributed by atoms with E-state index >= 15 is 0 Å². The molecule has 0 aliphatic carbocycles. The Kier molecular flexibility index (Phi) is 2.44. The molecule has 2 rings (SSSR count). The first-order valence-corrected chi connectivity index (χ1v) is 4.52. The van der Waals surface area contributed by atoms with Gasteiger partial charge in [-0.15, -0.1) is 0 Å². The molecule has 2 heterocycles. The molecule has 0 saturated carbocycles. The summed E-state index contributed by atoms with van der Waals surface area (Å²) in [6.07, 6.45) is -3.48. The van der Waals surface area contributed by atoms with Crippen molar-refractivity contribution in [2.75, 3.05) is 0 Å². The number of rotatable bonds is 1. The Balaban J connectivity index is 2.31. The topological polar surface area (TPSA) is 101 Å². The monoisotopic (exact) mass is 246 g/mol. The lowest BCUT2D eigenvalue weighted by Crippen LogP contribution is -2.50. The molecule has 1 atom stereocenters. The van der Waals surface area contributed by atoms with Gasteiger partial charge in [-0.05, 0) is 6.07 Å². The Morgan fingerprint density at radius 2 is 2.00 bits per heavy atom. The zero-order chi connectivity index (χ0) is 12.7. The van der Waals surface area contributed by atoms with Crippen LogP contribution in [0.4, 0.5) is 13.2 Å². The van der Waals surface area contributed by atoms with Crippen LogP contribution < -0.4 is 22.3 Å². The van der Waals surface area contributed by atoms with Gasteiger partial charge in [-0.25, -0.2) is 4.99 Å². The van der Waals surface area contributed by atoms with Crippen LogP contribution >= 0.6 is 0 Å². The van der Waals surface area contributed by atoms with Crippen LogP contribution in [-0.4, -0.2) is 10.9 Å². The number of halogens is 3. The lowest BCUT2D eigenvalue weighted by Gasteiger charge is -2.20. The number of hydrogen-bond donors (Lipinski definition) is 4. The first-order chi connectivity index (χ1) is 7.81. The Morgan fingerprint density at radius 1 is 1.29 bits per heavy atom. The van der Waals surface area contributed by atoms with E-state index in [-0.39, 0.29) is 11.5 Å². The number of pyridine rings is 1. The highest BCUT2D eigenvalue weighted by molar-refractivity contribution is 5.79. The summed E-state index contributed by atoms with van der Waals surface area (Å²) < 4.78 is 36.9. The minimum absolute atomic E-state index is 0.0485. The van der Waals surface area contributed by atoms with E-state index < -0.39 is 17.7 Å². The lowest BCUT2D eigenvalue weighted by atomic mass is 10.1. The standard InChI is InChI=1S/C8H9F3N6/c9-7(10,11)5-2-1-4(3-14-5)8(13)15-6(12)16-17-8/h1-3,17H,13H2,(H3,12,15,16). The lowest BCUT2D eigenvalue weighted by molar-refractivity contribution is -0.141. The summed E-state index contributed by atoms with van der Waals surface area (Å²) in [6, 6.07) is 2.02. The average molecular weight is 246 g/mol. The molecule has 9 heteroatoms. The van der Waals surface area contributed by atoms with Crippen molar-refractivity contribution in [2.24, 2.45) is 16.5 Å². The Hall–Kier alpha value is -1.87. The van der Waals surface area contributed by atoms with Gasteiger partial charge >= 0.3 is 6.18 Å². The second kappa shape index (κ2) is 3.57. The number of nitrogens with zero attached hydrogens (tertiary/aromatic N) is 2. The second-order valence-corrected chi connectivity index (χ2v) is 3.44. The van der Waals surface area contributed by atoms with E-state index in [9.17, 15) is 13.2 Å². The van der Waals surface area contributed by atoms with E-state index in [1.54, 1.807) is 0 Å². The van der Waals surface area contributed by atoms with E-state index in [0.29, 0.717) is 0 Å². The summed E-state index contributed by atoms with van der Waals surface area (Å²) in [4.78, 5) is 7.09. The molecule has 0 spiro atoms. The molecule has 0 amide bonds. The molecule has 6 N–H and O–H groups in total. The second-order valence-electron chi connectivity index (χ2n) is 3.44. The Labute approximate surface area is 93.9 Å². The number of hydrazine groups is 1. The van der Waals surface area contributed by atoms with Crippen LogP contribution in [0.25, 0.3) is 0 Å². The fraction of sp³-hybridized carbons (Fsp3) is 0.250. The van der Waals surface area contributed by atoms with Crippen LogP contribution in [0.3, 0.4) is 0 Å². The molecule has 0 aromatic carbocycles. The van der Waals surface area contributed by atoms with Gasteiger partial charge in [-0.1, -0.05) is 6.07 Å². The number of alkyl halides is 3. The van der Waals surface area contributed by atoms with Crippen LogP contribution in [0.5, 0.6) is 0 Å². The third-order valence-electron chi connectivity index (χ3n) is 2.17. The molecule has 17 heavy (non-hydrogen) atoms. The molecule has 1 aliphatic rings. The molecule has 1 aromatic rings. The summed E-state index contributed by atoms with van der Waals surface area (Å²) in [6.45, 7) is 0. The van der Waals surface area contributed by atoms with Crippen molar-refractivity contribution in [3.05, 3.63) is 29.6 Å². The van der Waals surface area contributed by atoms with Crippen LogP contribution in [0.1, 0.15) is 11.3 Å². The molecule has 1 unspecified atom stereocenters. The molecular formula is C8H9F3N6. The van der Waals surface area contributed by atoms with Crippen LogP contribution in [0, 0.1) is 0 Å². The van der Waals surface area contributed by atoms with Crippen LogP contribution in [0.15, 0.2) is 23.3 Å². The minimum Gasteiger partial charge on any atom is -0.369 e. The Bertz CT molecular complexity index is 453. The molecule has 92 valence electrons. The van der Waals surface area contributed by atoms with Crippen molar-refractivity contribution >= 4 is 5.96 Å². The number of nitrogens with two attached hydrogens (primary N) is 2. The summed E-state index contributed by atoms with van der Waals surface area (Å²) in [5, 5.41) is 0. The average Bonchev–Trinajstić information content (AvgIpc) is 2.59. The predicted octanol–water partition coefficient (Wildman–Crippen LogP) is -0.408. The highest BCUT2D eigenvalue weighted by Crippen LogP contribution is 2.28. The third-order valence-corrected chi connectivity index (χ3v) is 2.17. The van der Waals surface area contributed by atoms with Crippen molar-refractivity contribution < 1.29 is 13.2 Å². The zero-order valence-electron chi connectivity index (χ0n) is 8.42. The van der Waals surface area contributed by atoms with Gasteiger partial charge in [-0.2, -0.15) is 18.6 Å². The van der Waals surface area contributed by atoms with E-state index in [1.165, 1.54) is 6.07 Å². The zero-order valence-corrected chi connectivity index (χ0v) is 8.42. The molecule has 0 radical (unpaired) electrons. The number of guanidine groups is 1. The minimum atomic E-state index is -4.48. The Morgan fingerprint density at radius 3 is 2.41 bits per heavy atom. The maximum atomic E-state index is 12.3. The van der Waals surface area contributed by atoms with Gasteiger partial charge in [0.25, 0.3) is 0 Å². The van der Waals surface area contributed by atoms with Crippen molar-refractivity contribution in [1.82, 2.24) is 15.8 Å². The largest absolute Gasteiger partial charge is 0.433 e. The number of aliphatic imine (C=N–C) groups is 1. The molecule has 0 fully saturated rings. The fourth-order valence-corrected chi connectivity index (χ4v) is 1.33. The molecule has 0 saturated heterocycles. The molecule has 1 aromatic heterocycles. The molecule has 1 aliphatic heterocycles. The van der Waals surface area contributed by atoms with Gasteiger partial charge in [0.1, 0.15) is 5.69 Å². The van der Waals surface area contributed by atoms with Gasteiger partial charge in [-0.3, -0.25) is 16.1 Å². The van der Waals surface area contributed by atoms with E-state index in [2.05, 4.69) is 20.8 Å². The summed E-state index contributed by atoms with van der Waals surface area (Å²) in [5.74, 6) is -1.35. The van der Waals surface area contributed by atoms with E-state index in [0.717, 1.165) is 12.3 Å². The first kappa shape index (κ1) is 11.6. The SMILES string of the molecule is NC1=NC(N)(c2ccc(C(F)(F)F)nc2)NN1. The third kappa shape index (κ3) is 2.15. The van der Waals surface area contributed by atoms with Gasteiger partial charge in [0.2, 0.25) is 11.7 Å². The van der Waals surface area contributed by atoms with E-state index in [4.69, 9.17) is 11.5 Å². The highest BCUT2D eigenvalue weighted by Gasteiger charge is 2.35. The molecule has 0 bridgehead atoms. The predicted molar refractivity (Wildman–Crippen MR) is 53.0 cm³/mol. The first-order valence-electron chi connectivity index (χ1n) is 4.52. The number of hydrogen-bond acceptors (Lipinski definition) is 6. The van der Waals surface area contributed by atoms with Crippen molar-refractivity contribution in [3.63, 3.8) is 0 Å². The fourth-order valence-electron chi connectivity index (χ4n) is 1.33. The van der Waals surface area contributed by atoms with Crippen LogP contribution in [0.2, 0.25) is 0 Å². The van der Waals surface area contributed by atoms with Gasteiger partial charge in [0.05, 0.1) is 0 Å². The van der Waals surface area contributed by atoms with Crippen molar-refractivity contribution in [1.29, 1.82) is 0 Å². The molecule has 6 nitrogen and oxygen atoms in total. The maximum Gasteiger partial charge on any atom is 0.433 e.